The number of nitrogens with one attached hydrogen (secondary N) is 2. The normalized spacial score (nSPS) is 11.2. The standard InChI is InChI=1S/C20H18F3N5O2/c1-12-6-8-15(9-7-12)24-17(29)11-28-13(2)18(26-27-28)19(30)25-16-5-3-4-14(10-16)20(21,22)23/h3-10H,11H2,1-2H3,(H,24,29)(H,25,30). The number of carbonyl (C=O) groups is 2. The maximum Gasteiger partial charge on any atom is 0.416 e. The van der Waals surface area contributed by atoms with Crippen molar-refractivity contribution in [1.29, 1.82) is 0 Å². The van der Waals surface area contributed by atoms with Crippen LogP contribution < -0.4 is 10.6 Å². The van der Waals surface area contributed by atoms with Crippen molar-refractivity contribution in [2.45, 2.75) is 26.6 Å². The number of aryl methyl sites for hydroxylation is 1. The molecule has 0 saturated heterocycles. The number of halogens is 3. The van der Waals surface area contributed by atoms with E-state index in [1.165, 1.54) is 16.8 Å². The lowest BCUT2D eigenvalue weighted by atomic mass is 10.2. The Morgan fingerprint density at radius 1 is 1.00 bits per heavy atom. The molecule has 156 valence electrons. The Bertz CT molecular complexity index is 1070. The summed E-state index contributed by atoms with van der Waals surface area (Å²) in [6.07, 6.45) is -4.52. The van der Waals surface area contributed by atoms with Crippen LogP contribution in [0.3, 0.4) is 0 Å². The molecular formula is C20H18F3N5O2. The minimum Gasteiger partial charge on any atom is -0.324 e. The highest BCUT2D eigenvalue weighted by atomic mass is 19.4. The summed E-state index contributed by atoms with van der Waals surface area (Å²) in [5.74, 6) is -1.09. The Morgan fingerprint density at radius 3 is 2.37 bits per heavy atom. The minimum absolute atomic E-state index is 0.0270. The van der Waals surface area contributed by atoms with Gasteiger partial charge in [0.2, 0.25) is 5.91 Å². The molecule has 0 aliphatic rings. The molecule has 1 heterocycles. The Hall–Kier alpha value is -3.69. The fourth-order valence-electron chi connectivity index (χ4n) is 2.66. The lowest BCUT2D eigenvalue weighted by molar-refractivity contribution is -0.137. The number of alkyl halides is 3. The Morgan fingerprint density at radius 2 is 1.70 bits per heavy atom. The molecule has 0 radical (unpaired) electrons. The zero-order valence-corrected chi connectivity index (χ0v) is 16.1. The summed E-state index contributed by atoms with van der Waals surface area (Å²) in [4.78, 5) is 24.6. The van der Waals surface area contributed by atoms with Crippen LogP contribution in [0.5, 0.6) is 0 Å². The van der Waals surface area contributed by atoms with E-state index in [1.807, 2.05) is 19.1 Å². The summed E-state index contributed by atoms with van der Waals surface area (Å²) in [6, 6.07) is 11.5. The molecule has 2 N–H and O–H groups in total. The van der Waals surface area contributed by atoms with Crippen LogP contribution in [-0.4, -0.2) is 26.8 Å². The van der Waals surface area contributed by atoms with Gasteiger partial charge in [-0.3, -0.25) is 9.59 Å². The first kappa shape index (κ1) is 21.0. The van der Waals surface area contributed by atoms with E-state index in [-0.39, 0.29) is 23.8 Å². The number of carbonyl (C=O) groups excluding carboxylic acids is 2. The number of nitrogens with zero attached hydrogens (tertiary/aromatic N) is 3. The van der Waals surface area contributed by atoms with E-state index in [2.05, 4.69) is 20.9 Å². The van der Waals surface area contributed by atoms with Crippen LogP contribution in [0.4, 0.5) is 24.5 Å². The maximum absolute atomic E-state index is 12.8. The number of benzene rings is 2. The van der Waals surface area contributed by atoms with Crippen LogP contribution in [0.2, 0.25) is 0 Å². The van der Waals surface area contributed by atoms with Crippen LogP contribution in [0, 0.1) is 13.8 Å². The topological polar surface area (TPSA) is 88.9 Å². The third kappa shape index (κ3) is 5.02. The molecule has 2 amide bonds. The Labute approximate surface area is 169 Å². The summed E-state index contributed by atoms with van der Waals surface area (Å²) in [5, 5.41) is 12.6. The number of rotatable bonds is 5. The molecule has 0 bridgehead atoms. The number of hydrogen-bond donors (Lipinski definition) is 2. The number of hydrogen-bond acceptors (Lipinski definition) is 4. The van der Waals surface area contributed by atoms with E-state index < -0.39 is 17.6 Å². The SMILES string of the molecule is Cc1ccc(NC(=O)Cn2nnc(C(=O)Nc3cccc(C(F)(F)F)c3)c2C)cc1. The van der Waals surface area contributed by atoms with Crippen LogP contribution in [-0.2, 0) is 17.5 Å². The van der Waals surface area contributed by atoms with E-state index in [9.17, 15) is 22.8 Å². The van der Waals surface area contributed by atoms with E-state index in [1.54, 1.807) is 19.1 Å². The predicted octanol–water partition coefficient (Wildman–Crippen LogP) is 3.80. The molecule has 10 heteroatoms. The van der Waals surface area contributed by atoms with Crippen LogP contribution in [0.25, 0.3) is 0 Å². The van der Waals surface area contributed by atoms with Crippen LogP contribution in [0.1, 0.15) is 27.3 Å². The molecule has 1 aromatic heterocycles. The summed E-state index contributed by atoms with van der Waals surface area (Å²) < 4.78 is 39.7. The number of aromatic nitrogens is 3. The second-order valence-corrected chi connectivity index (χ2v) is 6.63. The lowest BCUT2D eigenvalue weighted by Gasteiger charge is -2.09. The second-order valence-electron chi connectivity index (χ2n) is 6.63. The maximum atomic E-state index is 12.8. The van der Waals surface area contributed by atoms with Crippen molar-refractivity contribution >= 4 is 23.2 Å². The van der Waals surface area contributed by atoms with Gasteiger partial charge in [0.15, 0.2) is 5.69 Å². The lowest BCUT2D eigenvalue weighted by Crippen LogP contribution is -2.21. The molecule has 7 nitrogen and oxygen atoms in total. The smallest absolute Gasteiger partial charge is 0.324 e. The van der Waals surface area contributed by atoms with Crippen LogP contribution >= 0.6 is 0 Å². The van der Waals surface area contributed by atoms with Gasteiger partial charge in [-0.15, -0.1) is 5.10 Å². The fourth-order valence-corrected chi connectivity index (χ4v) is 2.66. The molecular weight excluding hydrogens is 399 g/mol. The van der Waals surface area contributed by atoms with Crippen molar-refractivity contribution in [1.82, 2.24) is 15.0 Å². The van der Waals surface area contributed by atoms with Crippen molar-refractivity contribution in [2.24, 2.45) is 0 Å². The molecule has 2 aromatic carbocycles. The van der Waals surface area contributed by atoms with Crippen LogP contribution in [0.15, 0.2) is 48.5 Å². The average molecular weight is 417 g/mol. The first-order valence-corrected chi connectivity index (χ1v) is 8.88. The number of amides is 2. The van der Waals surface area contributed by atoms with E-state index >= 15 is 0 Å². The third-order valence-electron chi connectivity index (χ3n) is 4.27. The van der Waals surface area contributed by atoms with Gasteiger partial charge < -0.3 is 10.6 Å². The van der Waals surface area contributed by atoms with Gasteiger partial charge in [0, 0.05) is 11.4 Å². The third-order valence-corrected chi connectivity index (χ3v) is 4.27. The molecule has 30 heavy (non-hydrogen) atoms. The molecule has 0 atom stereocenters. The van der Waals surface area contributed by atoms with Gasteiger partial charge in [-0.25, -0.2) is 4.68 Å². The zero-order chi connectivity index (χ0) is 21.9. The number of anilines is 2. The molecule has 0 spiro atoms. The fraction of sp³-hybridized carbons (Fsp3) is 0.200. The second kappa shape index (κ2) is 8.36. The summed E-state index contributed by atoms with van der Waals surface area (Å²) >= 11 is 0. The summed E-state index contributed by atoms with van der Waals surface area (Å²) in [7, 11) is 0. The predicted molar refractivity (Wildman–Crippen MR) is 104 cm³/mol. The van der Waals surface area contributed by atoms with Crippen molar-refractivity contribution in [3.05, 3.63) is 71.0 Å². The minimum atomic E-state index is -4.52. The van der Waals surface area contributed by atoms with Gasteiger partial charge in [0.25, 0.3) is 5.91 Å². The van der Waals surface area contributed by atoms with Gasteiger partial charge in [0.1, 0.15) is 6.54 Å². The van der Waals surface area contributed by atoms with E-state index in [4.69, 9.17) is 0 Å². The van der Waals surface area contributed by atoms with Crippen molar-refractivity contribution in [3.63, 3.8) is 0 Å². The monoisotopic (exact) mass is 417 g/mol. The molecule has 0 aliphatic carbocycles. The first-order valence-electron chi connectivity index (χ1n) is 8.88. The molecule has 0 fully saturated rings. The van der Waals surface area contributed by atoms with E-state index in [0.717, 1.165) is 17.7 Å². The van der Waals surface area contributed by atoms with Gasteiger partial charge in [-0.1, -0.05) is 29.0 Å². The summed E-state index contributed by atoms with van der Waals surface area (Å²) in [6.45, 7) is 3.29. The van der Waals surface area contributed by atoms with Gasteiger partial charge in [-0.2, -0.15) is 13.2 Å². The Kier molecular flexibility index (Phi) is 5.86. The zero-order valence-electron chi connectivity index (χ0n) is 16.1. The Balaban J connectivity index is 1.68. The largest absolute Gasteiger partial charge is 0.416 e. The quantitative estimate of drug-likeness (QED) is 0.661. The van der Waals surface area contributed by atoms with Gasteiger partial charge in [0.05, 0.1) is 11.3 Å². The van der Waals surface area contributed by atoms with Crippen molar-refractivity contribution in [2.75, 3.05) is 10.6 Å². The van der Waals surface area contributed by atoms with Crippen molar-refractivity contribution < 1.29 is 22.8 Å². The van der Waals surface area contributed by atoms with Gasteiger partial charge >= 0.3 is 6.18 Å². The van der Waals surface area contributed by atoms with Crippen molar-refractivity contribution in [3.8, 4) is 0 Å². The highest BCUT2D eigenvalue weighted by Gasteiger charge is 2.30. The molecule has 0 aliphatic heterocycles. The van der Waals surface area contributed by atoms with E-state index in [0.29, 0.717) is 11.4 Å². The molecule has 0 unspecified atom stereocenters. The average Bonchev–Trinajstić information content (AvgIpc) is 3.03. The first-order chi connectivity index (χ1) is 14.1. The highest BCUT2D eigenvalue weighted by molar-refractivity contribution is 6.03. The molecule has 3 rings (SSSR count). The highest BCUT2D eigenvalue weighted by Crippen LogP contribution is 2.30. The van der Waals surface area contributed by atoms with Gasteiger partial charge in [-0.05, 0) is 44.2 Å². The molecule has 0 saturated carbocycles. The molecule has 3 aromatic rings. The summed E-state index contributed by atoms with van der Waals surface area (Å²) in [5.41, 5.74) is 0.978.